The zero-order valence-corrected chi connectivity index (χ0v) is 11.6. The summed E-state index contributed by atoms with van der Waals surface area (Å²) in [7, 11) is 0. The Morgan fingerprint density at radius 2 is 2.00 bits per heavy atom. The molecule has 3 amide bonds. The molecule has 1 saturated heterocycles. The molecule has 0 unspecified atom stereocenters. The summed E-state index contributed by atoms with van der Waals surface area (Å²) in [6.45, 7) is 0.452. The summed E-state index contributed by atoms with van der Waals surface area (Å²) >= 11 is 3.23. The lowest BCUT2D eigenvalue weighted by atomic mass is 10.3. The van der Waals surface area contributed by atoms with E-state index >= 15 is 0 Å². The van der Waals surface area contributed by atoms with Crippen molar-refractivity contribution >= 4 is 33.7 Å². The van der Waals surface area contributed by atoms with Crippen LogP contribution in [0.3, 0.4) is 0 Å². The Kier molecular flexibility index (Phi) is 4.26. The summed E-state index contributed by atoms with van der Waals surface area (Å²) in [5.74, 6) is -0.639. The van der Waals surface area contributed by atoms with Crippen molar-refractivity contribution in [2.75, 3.05) is 13.1 Å². The molecule has 1 aromatic heterocycles. The minimum Gasteiger partial charge on any atom is -0.350 e. The fourth-order valence-corrected chi connectivity index (χ4v) is 2.16. The van der Waals surface area contributed by atoms with Crippen molar-refractivity contribution in [1.29, 1.82) is 0 Å². The van der Waals surface area contributed by atoms with E-state index in [1.54, 1.807) is 12.3 Å². The molecule has 0 saturated carbocycles. The number of nitrogens with zero attached hydrogens (tertiary/aromatic N) is 2. The molecule has 1 aliphatic heterocycles. The Hall–Kier alpha value is -1.76. The second kappa shape index (κ2) is 5.92. The third kappa shape index (κ3) is 3.37. The number of pyridine rings is 1. The summed E-state index contributed by atoms with van der Waals surface area (Å²) < 4.78 is 0.713. The third-order valence-corrected chi connectivity index (χ3v) is 3.18. The maximum absolute atomic E-state index is 11.8. The second-order valence-electron chi connectivity index (χ2n) is 4.09. The number of halogens is 1. The smallest absolute Gasteiger partial charge is 0.252 e. The van der Waals surface area contributed by atoms with Gasteiger partial charge < -0.3 is 5.32 Å². The van der Waals surface area contributed by atoms with Gasteiger partial charge >= 0.3 is 0 Å². The summed E-state index contributed by atoms with van der Waals surface area (Å²) in [6.07, 6.45) is 3.56. The van der Waals surface area contributed by atoms with Crippen molar-refractivity contribution in [1.82, 2.24) is 15.2 Å². The number of likely N-dealkylation sites (tertiary alicyclic amines) is 1. The highest BCUT2D eigenvalue weighted by Gasteiger charge is 2.28. The first-order valence-electron chi connectivity index (χ1n) is 5.80. The lowest BCUT2D eigenvalue weighted by molar-refractivity contribution is -0.138. The molecule has 0 aliphatic carbocycles. The van der Waals surface area contributed by atoms with E-state index in [2.05, 4.69) is 26.2 Å². The molecule has 0 radical (unpaired) electrons. The lowest BCUT2D eigenvalue weighted by Gasteiger charge is -2.13. The standard InChI is InChI=1S/C12H12BrN3O3/c13-9-5-8(6-14-7-9)12(19)15-3-4-16-10(17)1-2-11(16)18/h5-7H,1-4H2,(H,15,19). The first-order valence-corrected chi connectivity index (χ1v) is 6.59. The fraction of sp³-hybridized carbons (Fsp3) is 0.333. The molecule has 0 atom stereocenters. The Bertz CT molecular complexity index is 517. The molecule has 19 heavy (non-hydrogen) atoms. The summed E-state index contributed by atoms with van der Waals surface area (Å²) in [5, 5.41) is 2.65. The summed E-state index contributed by atoms with van der Waals surface area (Å²) in [5.41, 5.74) is 0.424. The average Bonchev–Trinajstić information content (AvgIpc) is 2.70. The Balaban J connectivity index is 1.84. The predicted molar refractivity (Wildman–Crippen MR) is 70.2 cm³/mol. The first kappa shape index (κ1) is 13.7. The van der Waals surface area contributed by atoms with Gasteiger partial charge in [0.1, 0.15) is 0 Å². The van der Waals surface area contributed by atoms with Crippen molar-refractivity contribution in [2.24, 2.45) is 0 Å². The van der Waals surface area contributed by atoms with Crippen molar-refractivity contribution in [3.8, 4) is 0 Å². The quantitative estimate of drug-likeness (QED) is 0.827. The van der Waals surface area contributed by atoms with Crippen molar-refractivity contribution in [3.63, 3.8) is 0 Å². The number of carbonyl (C=O) groups excluding carboxylic acids is 3. The van der Waals surface area contributed by atoms with Crippen LogP contribution in [0.15, 0.2) is 22.9 Å². The summed E-state index contributed by atoms with van der Waals surface area (Å²) in [4.78, 5) is 39.5. The minimum absolute atomic E-state index is 0.177. The highest BCUT2D eigenvalue weighted by atomic mass is 79.9. The molecule has 100 valence electrons. The van der Waals surface area contributed by atoms with E-state index in [0.717, 1.165) is 0 Å². The Morgan fingerprint density at radius 3 is 2.63 bits per heavy atom. The molecule has 0 aromatic carbocycles. The molecule has 0 bridgehead atoms. The second-order valence-corrected chi connectivity index (χ2v) is 5.00. The van der Waals surface area contributed by atoms with E-state index < -0.39 is 0 Å². The van der Waals surface area contributed by atoms with Gasteiger partial charge in [0.2, 0.25) is 11.8 Å². The van der Waals surface area contributed by atoms with Crippen molar-refractivity contribution in [2.45, 2.75) is 12.8 Å². The molecule has 0 spiro atoms. The molecule has 1 fully saturated rings. The van der Waals surface area contributed by atoms with E-state index in [0.29, 0.717) is 10.0 Å². The van der Waals surface area contributed by atoms with Gasteiger partial charge in [-0.15, -0.1) is 0 Å². The molecule has 1 aromatic rings. The van der Waals surface area contributed by atoms with Crippen LogP contribution in [-0.4, -0.2) is 40.7 Å². The van der Waals surface area contributed by atoms with E-state index in [-0.39, 0.29) is 43.7 Å². The van der Waals surface area contributed by atoms with Crippen LogP contribution in [0.1, 0.15) is 23.2 Å². The molecular formula is C12H12BrN3O3. The topological polar surface area (TPSA) is 79.4 Å². The van der Waals surface area contributed by atoms with E-state index in [9.17, 15) is 14.4 Å². The maximum atomic E-state index is 11.8. The largest absolute Gasteiger partial charge is 0.350 e. The van der Waals surface area contributed by atoms with E-state index in [1.807, 2.05) is 0 Å². The van der Waals surface area contributed by atoms with E-state index in [1.165, 1.54) is 11.1 Å². The van der Waals surface area contributed by atoms with Crippen LogP contribution in [0.25, 0.3) is 0 Å². The van der Waals surface area contributed by atoms with Crippen LogP contribution in [0.2, 0.25) is 0 Å². The lowest BCUT2D eigenvalue weighted by Crippen LogP contribution is -2.37. The minimum atomic E-state index is -0.284. The SMILES string of the molecule is O=C(NCCN1C(=O)CCC1=O)c1cncc(Br)c1. The van der Waals surface area contributed by atoms with Gasteiger partial charge in [-0.3, -0.25) is 24.3 Å². The van der Waals surface area contributed by atoms with Crippen LogP contribution in [0.5, 0.6) is 0 Å². The molecule has 2 heterocycles. The van der Waals surface area contributed by atoms with Gasteiger partial charge in [-0.25, -0.2) is 0 Å². The van der Waals surface area contributed by atoms with Gasteiger partial charge in [0.05, 0.1) is 5.56 Å². The average molecular weight is 326 g/mol. The monoisotopic (exact) mass is 325 g/mol. The number of imide groups is 1. The van der Waals surface area contributed by atoms with Gasteiger partial charge in [-0.1, -0.05) is 0 Å². The van der Waals surface area contributed by atoms with Crippen molar-refractivity contribution in [3.05, 3.63) is 28.5 Å². The van der Waals surface area contributed by atoms with Crippen LogP contribution in [-0.2, 0) is 9.59 Å². The number of aromatic nitrogens is 1. The fourth-order valence-electron chi connectivity index (χ4n) is 1.79. The third-order valence-electron chi connectivity index (χ3n) is 2.74. The van der Waals surface area contributed by atoms with Gasteiger partial charge in [0, 0.05) is 42.8 Å². The number of hydrogen-bond donors (Lipinski definition) is 1. The highest BCUT2D eigenvalue weighted by Crippen LogP contribution is 2.11. The molecule has 2 rings (SSSR count). The van der Waals surface area contributed by atoms with Gasteiger partial charge in [0.25, 0.3) is 5.91 Å². The molecule has 1 aliphatic rings. The van der Waals surface area contributed by atoms with Crippen LogP contribution in [0, 0.1) is 0 Å². The predicted octanol–water partition coefficient (Wildman–Crippen LogP) is 0.723. The van der Waals surface area contributed by atoms with Crippen LogP contribution >= 0.6 is 15.9 Å². The number of hydrogen-bond acceptors (Lipinski definition) is 4. The number of carbonyl (C=O) groups is 3. The highest BCUT2D eigenvalue weighted by molar-refractivity contribution is 9.10. The molecular weight excluding hydrogens is 314 g/mol. The number of rotatable bonds is 4. The van der Waals surface area contributed by atoms with Crippen LogP contribution in [0.4, 0.5) is 0 Å². The van der Waals surface area contributed by atoms with Crippen molar-refractivity contribution < 1.29 is 14.4 Å². The normalized spacial score (nSPS) is 14.9. The zero-order chi connectivity index (χ0) is 13.8. The van der Waals surface area contributed by atoms with Crippen LogP contribution < -0.4 is 5.32 Å². The molecule has 6 nitrogen and oxygen atoms in total. The first-order chi connectivity index (χ1) is 9.08. The number of amides is 3. The molecule has 1 N–H and O–H groups in total. The Morgan fingerprint density at radius 1 is 1.32 bits per heavy atom. The number of nitrogens with one attached hydrogen (secondary N) is 1. The molecule has 7 heteroatoms. The van der Waals surface area contributed by atoms with Gasteiger partial charge in [-0.05, 0) is 22.0 Å². The Labute approximate surface area is 118 Å². The zero-order valence-electron chi connectivity index (χ0n) is 10.1. The van der Waals surface area contributed by atoms with E-state index in [4.69, 9.17) is 0 Å². The van der Waals surface area contributed by atoms with Gasteiger partial charge in [0.15, 0.2) is 0 Å². The van der Waals surface area contributed by atoms with Gasteiger partial charge in [-0.2, -0.15) is 0 Å². The maximum Gasteiger partial charge on any atom is 0.252 e. The summed E-state index contributed by atoms with van der Waals surface area (Å²) in [6, 6.07) is 1.65.